The predicted molar refractivity (Wildman–Crippen MR) is 86.0 cm³/mol. The summed E-state index contributed by atoms with van der Waals surface area (Å²) in [6, 6.07) is 9.89. The van der Waals surface area contributed by atoms with E-state index in [1.54, 1.807) is 0 Å². The maximum Gasteiger partial charge on any atom is 0.318 e. The van der Waals surface area contributed by atoms with E-state index in [1.807, 2.05) is 30.3 Å². The molecule has 1 saturated carbocycles. The van der Waals surface area contributed by atoms with E-state index in [4.69, 9.17) is 9.47 Å². The molecule has 23 heavy (non-hydrogen) atoms. The lowest BCUT2D eigenvalue weighted by molar-refractivity contribution is -0.188. The topological polar surface area (TPSA) is 52.6 Å². The Morgan fingerprint density at radius 1 is 1.22 bits per heavy atom. The molecule has 3 rings (SSSR count). The normalized spacial score (nSPS) is 26.9. The van der Waals surface area contributed by atoms with Crippen molar-refractivity contribution in [2.75, 3.05) is 7.11 Å². The van der Waals surface area contributed by atoms with Gasteiger partial charge in [-0.05, 0) is 24.8 Å². The van der Waals surface area contributed by atoms with E-state index >= 15 is 0 Å². The number of rotatable bonds is 3. The Labute approximate surface area is 137 Å². The van der Waals surface area contributed by atoms with Crippen molar-refractivity contribution in [2.45, 2.75) is 56.7 Å². The van der Waals surface area contributed by atoms with Gasteiger partial charge in [0.2, 0.25) is 0 Å². The number of Topliss-reactive ketones (excluding diaryl/α,β-unsaturated/α-hetero) is 1. The molecule has 2 fully saturated rings. The Morgan fingerprint density at radius 3 is 2.57 bits per heavy atom. The molecule has 1 heterocycles. The summed E-state index contributed by atoms with van der Waals surface area (Å²) in [4.78, 5) is 24.8. The van der Waals surface area contributed by atoms with Crippen molar-refractivity contribution < 1.29 is 19.1 Å². The van der Waals surface area contributed by atoms with Crippen LogP contribution in [0.25, 0.3) is 0 Å². The molecule has 0 N–H and O–H groups in total. The van der Waals surface area contributed by atoms with E-state index in [2.05, 4.69) is 0 Å². The maximum absolute atomic E-state index is 12.7. The summed E-state index contributed by atoms with van der Waals surface area (Å²) in [6.07, 6.45) is 5.69. The summed E-state index contributed by atoms with van der Waals surface area (Å²) in [5.74, 6) is -1.29. The smallest absolute Gasteiger partial charge is 0.318 e. The van der Waals surface area contributed by atoms with Crippen LogP contribution in [0.2, 0.25) is 0 Å². The van der Waals surface area contributed by atoms with Crippen molar-refractivity contribution >= 4 is 11.8 Å². The predicted octanol–water partition coefficient (Wildman–Crippen LogP) is 3.08. The van der Waals surface area contributed by atoms with Gasteiger partial charge in [-0.3, -0.25) is 9.59 Å². The van der Waals surface area contributed by atoms with E-state index in [0.717, 1.165) is 31.2 Å². The lowest BCUT2D eigenvalue weighted by atomic mass is 9.74. The summed E-state index contributed by atoms with van der Waals surface area (Å²) < 4.78 is 11.3. The molecule has 0 amide bonds. The molecule has 2 aliphatic rings. The van der Waals surface area contributed by atoms with Crippen LogP contribution in [0.1, 0.15) is 44.1 Å². The second-order valence-corrected chi connectivity index (χ2v) is 6.73. The van der Waals surface area contributed by atoms with Crippen molar-refractivity contribution in [1.29, 1.82) is 0 Å². The summed E-state index contributed by atoms with van der Waals surface area (Å²) in [5.41, 5.74) is 0.714. The number of ketones is 1. The van der Waals surface area contributed by atoms with Crippen LogP contribution in [0, 0.1) is 5.92 Å². The molecule has 124 valence electrons. The van der Waals surface area contributed by atoms with Crippen molar-refractivity contribution in [1.82, 2.24) is 0 Å². The SMILES string of the molecule is COC(=O)[C@@H]1C(=O)CC2(CCCCC2)O[C@H]1Cc1ccccc1. The average Bonchev–Trinajstić information content (AvgIpc) is 2.55. The van der Waals surface area contributed by atoms with Crippen molar-refractivity contribution in [3.63, 3.8) is 0 Å². The van der Waals surface area contributed by atoms with Gasteiger partial charge in [0, 0.05) is 6.42 Å². The van der Waals surface area contributed by atoms with Gasteiger partial charge in [0.25, 0.3) is 0 Å². The van der Waals surface area contributed by atoms with E-state index in [1.165, 1.54) is 13.5 Å². The Kier molecular flexibility index (Phi) is 4.81. The number of ether oxygens (including phenoxy) is 2. The molecule has 0 aromatic heterocycles. The molecule has 0 bridgehead atoms. The molecular weight excluding hydrogens is 292 g/mol. The first-order valence-electron chi connectivity index (χ1n) is 8.46. The van der Waals surface area contributed by atoms with Crippen LogP contribution >= 0.6 is 0 Å². The summed E-state index contributed by atoms with van der Waals surface area (Å²) in [6.45, 7) is 0. The van der Waals surface area contributed by atoms with Crippen LogP contribution in [0.4, 0.5) is 0 Å². The highest BCUT2D eigenvalue weighted by molar-refractivity contribution is 6.00. The molecular formula is C19H24O4. The first kappa shape index (κ1) is 16.2. The standard InChI is InChI=1S/C19H24O4/c1-22-18(21)17-15(20)13-19(10-6-3-7-11-19)23-16(17)12-14-8-4-2-5-9-14/h2,4-5,8-9,16-17H,3,6-7,10-13H2,1H3/t16-,17+/m0/s1. The highest BCUT2D eigenvalue weighted by Gasteiger charge is 2.49. The van der Waals surface area contributed by atoms with E-state index in [9.17, 15) is 9.59 Å². The fourth-order valence-electron chi connectivity index (χ4n) is 3.97. The number of hydrogen-bond acceptors (Lipinski definition) is 4. The molecule has 4 heteroatoms. The first-order valence-corrected chi connectivity index (χ1v) is 8.46. The molecule has 1 saturated heterocycles. The second kappa shape index (κ2) is 6.83. The zero-order valence-electron chi connectivity index (χ0n) is 13.6. The lowest BCUT2D eigenvalue weighted by Gasteiger charge is -2.45. The van der Waals surface area contributed by atoms with Gasteiger partial charge < -0.3 is 9.47 Å². The highest BCUT2D eigenvalue weighted by atomic mass is 16.5. The largest absolute Gasteiger partial charge is 0.468 e. The number of carbonyl (C=O) groups excluding carboxylic acids is 2. The minimum absolute atomic E-state index is 0.0223. The van der Waals surface area contributed by atoms with Gasteiger partial charge in [0.15, 0.2) is 5.78 Å². The van der Waals surface area contributed by atoms with Crippen LogP contribution in [0.5, 0.6) is 0 Å². The monoisotopic (exact) mass is 316 g/mol. The van der Waals surface area contributed by atoms with Crippen LogP contribution < -0.4 is 0 Å². The van der Waals surface area contributed by atoms with Crippen LogP contribution in [0.3, 0.4) is 0 Å². The van der Waals surface area contributed by atoms with Gasteiger partial charge in [-0.2, -0.15) is 0 Å². The third-order valence-electron chi connectivity index (χ3n) is 5.12. The zero-order valence-corrected chi connectivity index (χ0v) is 13.6. The Morgan fingerprint density at radius 2 is 1.91 bits per heavy atom. The molecule has 0 radical (unpaired) electrons. The van der Waals surface area contributed by atoms with E-state index in [-0.39, 0.29) is 11.4 Å². The molecule has 1 aliphatic carbocycles. The number of esters is 1. The first-order chi connectivity index (χ1) is 11.1. The molecule has 0 unspecified atom stereocenters. The lowest BCUT2D eigenvalue weighted by Crippen LogP contribution is -2.53. The molecule has 1 spiro atoms. The third kappa shape index (κ3) is 3.47. The molecule has 2 atom stereocenters. The minimum Gasteiger partial charge on any atom is -0.468 e. The van der Waals surface area contributed by atoms with Gasteiger partial charge in [0.1, 0.15) is 5.92 Å². The van der Waals surface area contributed by atoms with Crippen molar-refractivity contribution in [3.05, 3.63) is 35.9 Å². The highest BCUT2D eigenvalue weighted by Crippen LogP contribution is 2.42. The van der Waals surface area contributed by atoms with E-state index < -0.39 is 18.0 Å². The van der Waals surface area contributed by atoms with Crippen molar-refractivity contribution in [2.24, 2.45) is 5.92 Å². The quantitative estimate of drug-likeness (QED) is 0.635. The van der Waals surface area contributed by atoms with E-state index in [0.29, 0.717) is 12.8 Å². The molecule has 1 aromatic rings. The van der Waals surface area contributed by atoms with Crippen LogP contribution in [-0.4, -0.2) is 30.6 Å². The van der Waals surface area contributed by atoms with Gasteiger partial charge >= 0.3 is 5.97 Å². The van der Waals surface area contributed by atoms with Crippen LogP contribution in [-0.2, 0) is 25.5 Å². The van der Waals surface area contributed by atoms with Gasteiger partial charge in [-0.15, -0.1) is 0 Å². The zero-order chi connectivity index (χ0) is 16.3. The summed E-state index contributed by atoms with van der Waals surface area (Å²) >= 11 is 0. The van der Waals surface area contributed by atoms with Gasteiger partial charge in [-0.1, -0.05) is 49.6 Å². The third-order valence-corrected chi connectivity index (χ3v) is 5.12. The maximum atomic E-state index is 12.7. The fraction of sp³-hybridized carbons (Fsp3) is 0.579. The second-order valence-electron chi connectivity index (χ2n) is 6.73. The number of methoxy groups -OCH3 is 1. The fourth-order valence-corrected chi connectivity index (χ4v) is 3.97. The van der Waals surface area contributed by atoms with Crippen LogP contribution in [0.15, 0.2) is 30.3 Å². The Bertz CT molecular complexity index is 560. The average molecular weight is 316 g/mol. The number of benzene rings is 1. The minimum atomic E-state index is -0.798. The molecule has 4 nitrogen and oxygen atoms in total. The van der Waals surface area contributed by atoms with Gasteiger partial charge in [-0.25, -0.2) is 0 Å². The summed E-state index contributed by atoms with van der Waals surface area (Å²) in [5, 5.41) is 0. The Hall–Kier alpha value is -1.68. The van der Waals surface area contributed by atoms with Crippen molar-refractivity contribution in [3.8, 4) is 0 Å². The Balaban J connectivity index is 1.85. The number of hydrogen-bond donors (Lipinski definition) is 0. The molecule has 1 aliphatic heterocycles. The van der Waals surface area contributed by atoms with Gasteiger partial charge in [0.05, 0.1) is 18.8 Å². The summed E-state index contributed by atoms with van der Waals surface area (Å²) in [7, 11) is 1.33. The molecule has 1 aromatic carbocycles. The number of carbonyl (C=O) groups is 2.